The minimum atomic E-state index is 0.269. The Bertz CT molecular complexity index is 344. The van der Waals surface area contributed by atoms with Crippen LogP contribution in [0.2, 0.25) is 0 Å². The molecule has 1 aliphatic carbocycles. The number of hydrogen-bond acceptors (Lipinski definition) is 6. The van der Waals surface area contributed by atoms with Crippen LogP contribution in [0.1, 0.15) is 25.7 Å². The monoisotopic (exact) mass is 238 g/mol. The van der Waals surface area contributed by atoms with Crippen LogP contribution in [-0.4, -0.2) is 35.7 Å². The lowest BCUT2D eigenvalue weighted by atomic mass is 10.1. The van der Waals surface area contributed by atoms with Crippen molar-refractivity contribution in [1.82, 2.24) is 15.0 Å². The third-order valence-electron chi connectivity index (χ3n) is 2.92. The molecule has 0 aliphatic heterocycles. The Balaban J connectivity index is 1.98. The molecule has 0 unspecified atom stereocenters. The van der Waals surface area contributed by atoms with Gasteiger partial charge < -0.3 is 14.8 Å². The third-order valence-corrected chi connectivity index (χ3v) is 2.92. The second kappa shape index (κ2) is 5.65. The summed E-state index contributed by atoms with van der Waals surface area (Å²) >= 11 is 0. The SMILES string of the molecule is CNc1nc(OC)nc(OCC2CCCC2)n1. The maximum absolute atomic E-state index is 5.59. The van der Waals surface area contributed by atoms with E-state index in [9.17, 15) is 0 Å². The van der Waals surface area contributed by atoms with Crippen LogP contribution in [0.15, 0.2) is 0 Å². The van der Waals surface area contributed by atoms with E-state index in [1.165, 1.54) is 32.8 Å². The van der Waals surface area contributed by atoms with Gasteiger partial charge in [-0.05, 0) is 18.8 Å². The molecular formula is C11H18N4O2. The highest BCUT2D eigenvalue weighted by Gasteiger charge is 2.16. The zero-order valence-corrected chi connectivity index (χ0v) is 10.3. The fourth-order valence-electron chi connectivity index (χ4n) is 1.98. The maximum atomic E-state index is 5.59. The molecule has 1 aromatic rings. The van der Waals surface area contributed by atoms with Crippen molar-refractivity contribution < 1.29 is 9.47 Å². The van der Waals surface area contributed by atoms with E-state index >= 15 is 0 Å². The number of nitrogens with zero attached hydrogens (tertiary/aromatic N) is 3. The molecule has 0 amide bonds. The number of hydrogen-bond donors (Lipinski definition) is 1. The van der Waals surface area contributed by atoms with Gasteiger partial charge in [-0.2, -0.15) is 9.97 Å². The van der Waals surface area contributed by atoms with Crippen LogP contribution in [0.3, 0.4) is 0 Å². The highest BCUT2D eigenvalue weighted by Crippen LogP contribution is 2.25. The zero-order valence-electron chi connectivity index (χ0n) is 10.3. The number of anilines is 1. The molecule has 6 nitrogen and oxygen atoms in total. The minimum Gasteiger partial charge on any atom is -0.467 e. The second-order valence-electron chi connectivity index (χ2n) is 4.14. The Kier molecular flexibility index (Phi) is 3.95. The molecule has 17 heavy (non-hydrogen) atoms. The van der Waals surface area contributed by atoms with Crippen LogP contribution in [0, 0.1) is 5.92 Å². The van der Waals surface area contributed by atoms with Crippen molar-refractivity contribution in [3.05, 3.63) is 0 Å². The van der Waals surface area contributed by atoms with E-state index in [0.29, 0.717) is 24.5 Å². The van der Waals surface area contributed by atoms with Gasteiger partial charge in [0.25, 0.3) is 0 Å². The third kappa shape index (κ3) is 3.18. The van der Waals surface area contributed by atoms with E-state index < -0.39 is 0 Å². The van der Waals surface area contributed by atoms with Gasteiger partial charge in [0.1, 0.15) is 0 Å². The van der Waals surface area contributed by atoms with Gasteiger partial charge in [-0.3, -0.25) is 0 Å². The second-order valence-corrected chi connectivity index (χ2v) is 4.14. The average molecular weight is 238 g/mol. The van der Waals surface area contributed by atoms with E-state index in [4.69, 9.17) is 9.47 Å². The Morgan fingerprint density at radius 2 is 1.88 bits per heavy atom. The van der Waals surface area contributed by atoms with Crippen LogP contribution < -0.4 is 14.8 Å². The molecule has 1 saturated carbocycles. The predicted molar refractivity (Wildman–Crippen MR) is 63.4 cm³/mol. The Morgan fingerprint density at radius 1 is 1.18 bits per heavy atom. The summed E-state index contributed by atoms with van der Waals surface area (Å²) in [7, 11) is 3.27. The zero-order chi connectivity index (χ0) is 12.1. The van der Waals surface area contributed by atoms with Crippen molar-refractivity contribution in [3.63, 3.8) is 0 Å². The van der Waals surface area contributed by atoms with Crippen LogP contribution in [0.4, 0.5) is 5.95 Å². The van der Waals surface area contributed by atoms with Gasteiger partial charge in [-0.1, -0.05) is 12.8 Å². The van der Waals surface area contributed by atoms with Gasteiger partial charge in [-0.15, -0.1) is 4.98 Å². The van der Waals surface area contributed by atoms with Crippen molar-refractivity contribution in [2.45, 2.75) is 25.7 Å². The summed E-state index contributed by atoms with van der Waals surface area (Å²) in [5, 5.41) is 2.85. The van der Waals surface area contributed by atoms with Gasteiger partial charge in [0.2, 0.25) is 5.95 Å². The number of ether oxygens (including phenoxy) is 2. The molecule has 1 N–H and O–H groups in total. The van der Waals surface area contributed by atoms with Crippen LogP contribution in [0.5, 0.6) is 12.0 Å². The molecule has 94 valence electrons. The molecule has 0 aromatic carbocycles. The maximum Gasteiger partial charge on any atom is 0.324 e. The molecule has 2 rings (SSSR count). The quantitative estimate of drug-likeness (QED) is 0.838. The standard InChI is InChI=1S/C11H18N4O2/c1-12-9-13-10(16-2)15-11(14-9)17-7-8-5-3-4-6-8/h8H,3-7H2,1-2H3,(H,12,13,14,15). The molecule has 0 radical (unpaired) electrons. The Hall–Kier alpha value is -1.59. The van der Waals surface area contributed by atoms with Crippen molar-refractivity contribution in [2.75, 3.05) is 26.1 Å². The molecule has 0 atom stereocenters. The first-order valence-electron chi connectivity index (χ1n) is 5.92. The highest BCUT2D eigenvalue weighted by molar-refractivity contribution is 5.26. The lowest BCUT2D eigenvalue weighted by Gasteiger charge is -2.10. The van der Waals surface area contributed by atoms with Crippen LogP contribution >= 0.6 is 0 Å². The first kappa shape index (κ1) is 11.9. The normalized spacial score (nSPS) is 15.9. The fourth-order valence-corrected chi connectivity index (χ4v) is 1.98. The van der Waals surface area contributed by atoms with Crippen molar-refractivity contribution in [3.8, 4) is 12.0 Å². The van der Waals surface area contributed by atoms with Crippen LogP contribution in [0.25, 0.3) is 0 Å². The fraction of sp³-hybridized carbons (Fsp3) is 0.727. The van der Waals surface area contributed by atoms with E-state index in [1.807, 2.05) is 0 Å². The van der Waals surface area contributed by atoms with Gasteiger partial charge in [0, 0.05) is 7.05 Å². The molecular weight excluding hydrogens is 220 g/mol. The molecule has 6 heteroatoms. The number of nitrogens with one attached hydrogen (secondary N) is 1. The van der Waals surface area contributed by atoms with Crippen molar-refractivity contribution >= 4 is 5.95 Å². The van der Waals surface area contributed by atoms with Gasteiger partial charge in [-0.25, -0.2) is 0 Å². The van der Waals surface area contributed by atoms with E-state index in [2.05, 4.69) is 20.3 Å². The van der Waals surface area contributed by atoms with E-state index in [1.54, 1.807) is 7.05 Å². The summed E-state index contributed by atoms with van der Waals surface area (Å²) < 4.78 is 10.6. The van der Waals surface area contributed by atoms with E-state index in [-0.39, 0.29) is 6.01 Å². The van der Waals surface area contributed by atoms with E-state index in [0.717, 1.165) is 0 Å². The molecule has 1 fully saturated rings. The predicted octanol–water partition coefficient (Wildman–Crippen LogP) is 1.49. The average Bonchev–Trinajstić information content (AvgIpc) is 2.89. The summed E-state index contributed by atoms with van der Waals surface area (Å²) in [6.45, 7) is 0.677. The van der Waals surface area contributed by atoms with Gasteiger partial charge in [0.15, 0.2) is 0 Å². The minimum absolute atomic E-state index is 0.269. The molecule has 1 aliphatic rings. The first-order chi connectivity index (χ1) is 8.31. The molecule has 0 saturated heterocycles. The summed E-state index contributed by atoms with van der Waals surface area (Å²) in [4.78, 5) is 12.2. The van der Waals surface area contributed by atoms with Crippen molar-refractivity contribution in [1.29, 1.82) is 0 Å². The lowest BCUT2D eigenvalue weighted by Crippen LogP contribution is -2.11. The Morgan fingerprint density at radius 3 is 2.53 bits per heavy atom. The topological polar surface area (TPSA) is 69.2 Å². The smallest absolute Gasteiger partial charge is 0.324 e. The molecule has 0 spiro atoms. The summed E-state index contributed by atoms with van der Waals surface area (Å²) in [6.07, 6.45) is 5.08. The Labute approximate surface area is 101 Å². The molecule has 1 heterocycles. The largest absolute Gasteiger partial charge is 0.467 e. The summed E-state index contributed by atoms with van der Waals surface area (Å²) in [6, 6.07) is 0.596. The molecule has 1 aromatic heterocycles. The summed E-state index contributed by atoms with van der Waals surface area (Å²) in [5.41, 5.74) is 0. The number of aromatic nitrogens is 3. The summed E-state index contributed by atoms with van der Waals surface area (Å²) in [5.74, 6) is 1.09. The molecule has 0 bridgehead atoms. The first-order valence-corrected chi connectivity index (χ1v) is 5.92. The van der Waals surface area contributed by atoms with Gasteiger partial charge in [0.05, 0.1) is 13.7 Å². The van der Waals surface area contributed by atoms with Gasteiger partial charge >= 0.3 is 12.0 Å². The number of methoxy groups -OCH3 is 1. The lowest BCUT2D eigenvalue weighted by molar-refractivity contribution is 0.229. The highest BCUT2D eigenvalue weighted by atomic mass is 16.5. The van der Waals surface area contributed by atoms with Crippen LogP contribution in [-0.2, 0) is 0 Å². The number of rotatable bonds is 5. The van der Waals surface area contributed by atoms with Crippen molar-refractivity contribution in [2.24, 2.45) is 5.92 Å².